The van der Waals surface area contributed by atoms with Crippen LogP contribution in [0.3, 0.4) is 0 Å². The number of fused-ring (bicyclic) bond motifs is 1. The number of nitrogens with zero attached hydrogens (tertiary/aromatic N) is 2. The van der Waals surface area contributed by atoms with E-state index < -0.39 is 11.7 Å². The third kappa shape index (κ3) is 3.81. The van der Waals surface area contributed by atoms with Crippen LogP contribution in [0.5, 0.6) is 5.75 Å². The summed E-state index contributed by atoms with van der Waals surface area (Å²) in [5.74, 6) is 0.693. The summed E-state index contributed by atoms with van der Waals surface area (Å²) in [5.41, 5.74) is 0.829. The van der Waals surface area contributed by atoms with Gasteiger partial charge >= 0.3 is 6.09 Å². The zero-order valence-electron chi connectivity index (χ0n) is 19.1. The Hall–Kier alpha value is -2.81. The standard InChI is InChI=1S/C24H31N3O3/c1-14-9-11-16-17(12-10-15(13-25)18(16)26-14)29-20-23(5,6)19(24(20,7)8)27-21(28)30-22(2,3)4/h9-12,19-20H,1-8H3,(H,27,28). The molecule has 1 aliphatic carbocycles. The van der Waals surface area contributed by atoms with E-state index in [0.29, 0.717) is 16.8 Å². The zero-order valence-corrected chi connectivity index (χ0v) is 19.1. The second-order valence-electron chi connectivity index (χ2n) is 10.3. The number of amides is 1. The minimum Gasteiger partial charge on any atom is -0.488 e. The van der Waals surface area contributed by atoms with E-state index in [1.54, 1.807) is 6.07 Å². The highest BCUT2D eigenvalue weighted by Gasteiger charge is 2.64. The molecular weight excluding hydrogens is 378 g/mol. The second-order valence-corrected chi connectivity index (χ2v) is 10.3. The van der Waals surface area contributed by atoms with Crippen LogP contribution in [-0.4, -0.2) is 28.8 Å². The molecule has 1 aromatic carbocycles. The summed E-state index contributed by atoms with van der Waals surface area (Å²) in [4.78, 5) is 16.9. The third-order valence-corrected chi connectivity index (χ3v) is 5.82. The quantitative estimate of drug-likeness (QED) is 0.760. The number of carbonyl (C=O) groups excluding carboxylic acids is 1. The van der Waals surface area contributed by atoms with Gasteiger partial charge in [0.2, 0.25) is 0 Å². The molecule has 30 heavy (non-hydrogen) atoms. The maximum absolute atomic E-state index is 12.4. The van der Waals surface area contributed by atoms with E-state index in [4.69, 9.17) is 9.47 Å². The van der Waals surface area contributed by atoms with Crippen LogP contribution in [0, 0.1) is 29.1 Å². The van der Waals surface area contributed by atoms with Gasteiger partial charge in [0.1, 0.15) is 23.5 Å². The Kier molecular flexibility index (Phi) is 5.22. The van der Waals surface area contributed by atoms with E-state index in [1.165, 1.54) is 0 Å². The Morgan fingerprint density at radius 3 is 2.33 bits per heavy atom. The number of ether oxygens (including phenoxy) is 2. The minimum absolute atomic E-state index is 0.116. The third-order valence-electron chi connectivity index (χ3n) is 5.82. The predicted molar refractivity (Wildman–Crippen MR) is 116 cm³/mol. The number of nitriles is 1. The Labute approximate surface area is 178 Å². The molecule has 1 N–H and O–H groups in total. The van der Waals surface area contributed by atoms with Crippen molar-refractivity contribution in [2.24, 2.45) is 10.8 Å². The number of pyridine rings is 1. The molecule has 2 aromatic rings. The lowest BCUT2D eigenvalue weighted by atomic mass is 9.49. The lowest BCUT2D eigenvalue weighted by Gasteiger charge is -2.62. The normalized spacial score (nSPS) is 22.0. The van der Waals surface area contributed by atoms with Gasteiger partial charge in [0.05, 0.1) is 11.1 Å². The van der Waals surface area contributed by atoms with Gasteiger partial charge in [-0.15, -0.1) is 0 Å². The molecule has 6 nitrogen and oxygen atoms in total. The van der Waals surface area contributed by atoms with Crippen molar-refractivity contribution in [3.63, 3.8) is 0 Å². The fourth-order valence-corrected chi connectivity index (χ4v) is 4.83. The van der Waals surface area contributed by atoms with Crippen LogP contribution in [0.2, 0.25) is 0 Å². The number of hydrogen-bond acceptors (Lipinski definition) is 5. The molecule has 0 saturated heterocycles. The fraction of sp³-hybridized carbons (Fsp3) is 0.542. The monoisotopic (exact) mass is 409 g/mol. The molecule has 0 atom stereocenters. The van der Waals surface area contributed by atoms with Crippen LogP contribution in [0.25, 0.3) is 10.9 Å². The maximum atomic E-state index is 12.4. The smallest absolute Gasteiger partial charge is 0.407 e. The van der Waals surface area contributed by atoms with Crippen molar-refractivity contribution in [3.05, 3.63) is 35.5 Å². The van der Waals surface area contributed by atoms with Crippen molar-refractivity contribution >= 4 is 17.0 Å². The lowest BCUT2D eigenvalue weighted by molar-refractivity contribution is -0.166. The molecule has 1 fully saturated rings. The van der Waals surface area contributed by atoms with Crippen molar-refractivity contribution in [3.8, 4) is 11.8 Å². The molecule has 1 amide bonds. The van der Waals surface area contributed by atoms with Crippen molar-refractivity contribution in [2.75, 3.05) is 0 Å². The summed E-state index contributed by atoms with van der Waals surface area (Å²) < 4.78 is 12.0. The van der Waals surface area contributed by atoms with E-state index in [2.05, 4.69) is 44.1 Å². The van der Waals surface area contributed by atoms with E-state index in [-0.39, 0.29) is 23.0 Å². The van der Waals surface area contributed by atoms with Gasteiger partial charge in [-0.1, -0.05) is 27.7 Å². The first-order valence-corrected chi connectivity index (χ1v) is 10.2. The van der Waals surface area contributed by atoms with Gasteiger partial charge in [-0.2, -0.15) is 5.26 Å². The summed E-state index contributed by atoms with van der Waals surface area (Å²) in [6, 6.07) is 9.54. The molecule has 0 unspecified atom stereocenters. The van der Waals surface area contributed by atoms with Crippen LogP contribution >= 0.6 is 0 Å². The molecule has 0 bridgehead atoms. The van der Waals surface area contributed by atoms with Crippen molar-refractivity contribution in [2.45, 2.75) is 73.1 Å². The fourth-order valence-electron chi connectivity index (χ4n) is 4.83. The molecule has 160 valence electrons. The Morgan fingerprint density at radius 1 is 1.13 bits per heavy atom. The number of rotatable bonds is 3. The highest BCUT2D eigenvalue weighted by Crippen LogP contribution is 2.56. The summed E-state index contributed by atoms with van der Waals surface area (Å²) in [6.45, 7) is 15.8. The Bertz CT molecular complexity index is 1010. The van der Waals surface area contributed by atoms with E-state index >= 15 is 0 Å². The Morgan fingerprint density at radius 2 is 1.77 bits per heavy atom. The number of hydrogen-bond donors (Lipinski definition) is 1. The molecule has 3 rings (SSSR count). The molecule has 0 aliphatic heterocycles. The molecule has 6 heteroatoms. The van der Waals surface area contributed by atoms with Gasteiger partial charge in [-0.05, 0) is 52.0 Å². The van der Waals surface area contributed by atoms with Gasteiger partial charge < -0.3 is 14.8 Å². The molecule has 1 saturated carbocycles. The molecule has 1 aliphatic rings. The number of benzene rings is 1. The predicted octanol–water partition coefficient (Wildman–Crippen LogP) is 5.12. The number of alkyl carbamates (subject to hydrolysis) is 1. The van der Waals surface area contributed by atoms with Crippen molar-refractivity contribution in [1.82, 2.24) is 10.3 Å². The van der Waals surface area contributed by atoms with Gasteiger partial charge in [0.25, 0.3) is 0 Å². The summed E-state index contributed by atoms with van der Waals surface area (Å²) in [6.07, 6.45) is -0.571. The molecule has 1 heterocycles. The average molecular weight is 410 g/mol. The minimum atomic E-state index is -0.551. The Balaban J connectivity index is 1.88. The van der Waals surface area contributed by atoms with Crippen LogP contribution in [0.15, 0.2) is 24.3 Å². The molecular formula is C24H31N3O3. The van der Waals surface area contributed by atoms with Gasteiger partial charge in [0, 0.05) is 28.0 Å². The van der Waals surface area contributed by atoms with E-state index in [1.807, 2.05) is 45.9 Å². The number of aromatic nitrogens is 1. The van der Waals surface area contributed by atoms with Gasteiger partial charge in [0.15, 0.2) is 0 Å². The SMILES string of the molecule is Cc1ccc2c(OC3C(C)(C)C(NC(=O)OC(C)(C)C)C3(C)C)ccc(C#N)c2n1. The largest absolute Gasteiger partial charge is 0.488 e. The van der Waals surface area contributed by atoms with Crippen LogP contribution in [0.4, 0.5) is 4.79 Å². The second kappa shape index (κ2) is 7.16. The molecule has 0 radical (unpaired) electrons. The van der Waals surface area contributed by atoms with Gasteiger partial charge in [-0.3, -0.25) is 4.98 Å². The van der Waals surface area contributed by atoms with E-state index in [9.17, 15) is 10.1 Å². The highest BCUT2D eigenvalue weighted by atomic mass is 16.6. The summed E-state index contributed by atoms with van der Waals surface area (Å²) >= 11 is 0. The number of nitrogens with one attached hydrogen (secondary N) is 1. The van der Waals surface area contributed by atoms with Crippen LogP contribution in [0.1, 0.15) is 59.7 Å². The maximum Gasteiger partial charge on any atom is 0.407 e. The van der Waals surface area contributed by atoms with Crippen LogP contribution in [-0.2, 0) is 4.74 Å². The highest BCUT2D eigenvalue weighted by molar-refractivity contribution is 5.89. The first-order chi connectivity index (χ1) is 13.8. The van der Waals surface area contributed by atoms with Crippen molar-refractivity contribution in [1.29, 1.82) is 5.26 Å². The van der Waals surface area contributed by atoms with Crippen molar-refractivity contribution < 1.29 is 14.3 Å². The average Bonchev–Trinajstić information content (AvgIpc) is 2.61. The van der Waals surface area contributed by atoms with E-state index in [0.717, 1.165) is 11.1 Å². The summed E-state index contributed by atoms with van der Waals surface area (Å²) in [7, 11) is 0. The first kappa shape index (κ1) is 21.9. The number of aryl methyl sites for hydroxylation is 1. The zero-order chi connectivity index (χ0) is 22.5. The van der Waals surface area contributed by atoms with Crippen LogP contribution < -0.4 is 10.1 Å². The first-order valence-electron chi connectivity index (χ1n) is 10.2. The number of carbonyl (C=O) groups is 1. The molecule has 0 spiro atoms. The lowest BCUT2D eigenvalue weighted by Crippen LogP contribution is -2.74. The van der Waals surface area contributed by atoms with Gasteiger partial charge in [-0.25, -0.2) is 4.79 Å². The summed E-state index contributed by atoms with van der Waals surface area (Å²) in [5, 5.41) is 13.3. The topological polar surface area (TPSA) is 84.2 Å². The molecule has 1 aromatic heterocycles.